The van der Waals surface area contributed by atoms with Gasteiger partial charge in [-0.2, -0.15) is 28.1 Å². The van der Waals surface area contributed by atoms with E-state index in [2.05, 4.69) is 30.9 Å². The number of hydrogen-bond acceptors (Lipinski definition) is 9. The van der Waals surface area contributed by atoms with Gasteiger partial charge in [-0.1, -0.05) is 29.8 Å². The molecule has 3 amide bonds. The van der Waals surface area contributed by atoms with E-state index >= 15 is 0 Å². The van der Waals surface area contributed by atoms with Crippen LogP contribution in [0.2, 0.25) is 5.02 Å². The Morgan fingerprint density at radius 3 is 2.15 bits per heavy atom. The van der Waals surface area contributed by atoms with Crippen molar-refractivity contribution in [2.45, 2.75) is 31.5 Å². The van der Waals surface area contributed by atoms with Crippen molar-refractivity contribution in [2.75, 3.05) is 48.7 Å². The number of amides is 3. The lowest BCUT2D eigenvalue weighted by molar-refractivity contribution is -0.154. The average Bonchev–Trinajstić information content (AvgIpc) is 3.61. The molecule has 2 unspecified atom stereocenters. The number of anilines is 4. The fraction of sp³-hybridized carbons (Fsp3) is 0.333. The van der Waals surface area contributed by atoms with Crippen LogP contribution in [0.1, 0.15) is 34.3 Å². The van der Waals surface area contributed by atoms with Gasteiger partial charge in [-0.05, 0) is 79.4 Å². The normalized spacial score (nSPS) is 18.7. The van der Waals surface area contributed by atoms with E-state index in [1.807, 2.05) is 12.1 Å². The third-order valence-electron chi connectivity index (χ3n) is 9.49. The summed E-state index contributed by atoms with van der Waals surface area (Å²) in [7, 11) is 0. The minimum Gasteiger partial charge on any atom is -0.454 e. The van der Waals surface area contributed by atoms with Crippen LogP contribution in [0, 0.1) is 24.6 Å². The van der Waals surface area contributed by atoms with Crippen molar-refractivity contribution in [3.8, 4) is 6.01 Å². The van der Waals surface area contributed by atoms with Crippen LogP contribution in [0.3, 0.4) is 0 Å². The standard InChI is InChI=1S/C36H33ClF4N8O4/c1-20-2-11-28(27(38)14-20)43-29(50)31(52)49-17-22-15-48(16-23(22)18-49)30(51)21-3-9-26(10-4-21)42-32-44-33(46-34(45-32)53-19-36(39,40)41)47-35(12-13-35)24-5-7-25(37)8-6-24/h2-11,14,22-23H,12-13,15-19H2,1H3,(H,43,50)(H2,42,44,45,46,47). The topological polar surface area (TPSA) is 142 Å². The number of fused-ring (bicyclic) bond motifs is 1. The first-order chi connectivity index (χ1) is 25.2. The van der Waals surface area contributed by atoms with Crippen LogP contribution >= 0.6 is 11.6 Å². The van der Waals surface area contributed by atoms with Gasteiger partial charge in [0.1, 0.15) is 5.82 Å². The number of carbonyl (C=O) groups excluding carboxylic acids is 3. The summed E-state index contributed by atoms with van der Waals surface area (Å²) < 4.78 is 57.9. The molecule has 0 bridgehead atoms. The van der Waals surface area contributed by atoms with E-state index < -0.39 is 42.0 Å². The maximum Gasteiger partial charge on any atom is 0.422 e. The van der Waals surface area contributed by atoms with Gasteiger partial charge in [0.25, 0.3) is 5.91 Å². The van der Waals surface area contributed by atoms with Crippen LogP contribution in [-0.4, -0.2) is 81.4 Å². The fourth-order valence-electron chi connectivity index (χ4n) is 6.65. The minimum atomic E-state index is -4.61. The maximum absolute atomic E-state index is 14.2. The van der Waals surface area contributed by atoms with E-state index in [9.17, 15) is 31.9 Å². The van der Waals surface area contributed by atoms with Crippen LogP contribution < -0.4 is 20.7 Å². The largest absolute Gasteiger partial charge is 0.454 e. The van der Waals surface area contributed by atoms with Gasteiger partial charge in [-0.25, -0.2) is 4.39 Å². The highest BCUT2D eigenvalue weighted by atomic mass is 35.5. The van der Waals surface area contributed by atoms with Gasteiger partial charge in [-0.15, -0.1) is 0 Å². The molecule has 0 radical (unpaired) electrons. The predicted octanol–water partition coefficient (Wildman–Crippen LogP) is 5.93. The Kier molecular flexibility index (Phi) is 9.57. The van der Waals surface area contributed by atoms with Crippen LogP contribution in [0.5, 0.6) is 6.01 Å². The molecule has 3 aliphatic rings. The number of nitrogens with one attached hydrogen (secondary N) is 3. The van der Waals surface area contributed by atoms with Gasteiger partial charge in [0.15, 0.2) is 6.61 Å². The van der Waals surface area contributed by atoms with Gasteiger partial charge >= 0.3 is 24.0 Å². The van der Waals surface area contributed by atoms with E-state index in [-0.39, 0.29) is 48.4 Å². The number of aromatic nitrogens is 3. The highest BCUT2D eigenvalue weighted by Crippen LogP contribution is 2.48. The lowest BCUT2D eigenvalue weighted by Gasteiger charge is -2.22. The van der Waals surface area contributed by atoms with E-state index in [4.69, 9.17) is 16.3 Å². The average molecular weight is 753 g/mol. The number of halogens is 5. The highest BCUT2D eigenvalue weighted by Gasteiger charge is 2.46. The first-order valence-electron chi connectivity index (χ1n) is 16.8. The van der Waals surface area contributed by atoms with Gasteiger partial charge in [0.05, 0.1) is 11.2 Å². The number of hydrogen-bond donors (Lipinski definition) is 3. The summed E-state index contributed by atoms with van der Waals surface area (Å²) in [5.74, 6) is -2.64. The number of ether oxygens (including phenoxy) is 1. The molecule has 3 fully saturated rings. The van der Waals surface area contributed by atoms with Crippen LogP contribution in [-0.2, 0) is 15.1 Å². The summed E-state index contributed by atoms with van der Waals surface area (Å²) in [6, 6.07) is 17.4. The Hall–Kier alpha value is -5.51. The molecule has 3 aromatic carbocycles. The van der Waals surface area contributed by atoms with E-state index in [0.29, 0.717) is 34.9 Å². The summed E-state index contributed by atoms with van der Waals surface area (Å²) in [4.78, 5) is 54.4. The van der Waals surface area contributed by atoms with Crippen LogP contribution in [0.4, 0.5) is 40.8 Å². The lowest BCUT2D eigenvalue weighted by Crippen LogP contribution is -2.41. The molecule has 2 saturated heterocycles. The summed E-state index contributed by atoms with van der Waals surface area (Å²) in [6.07, 6.45) is -3.14. The zero-order valence-corrected chi connectivity index (χ0v) is 29.0. The molecule has 276 valence electrons. The van der Waals surface area contributed by atoms with Crippen molar-refractivity contribution in [3.63, 3.8) is 0 Å². The third-order valence-corrected chi connectivity index (χ3v) is 9.75. The number of likely N-dealkylation sites (tertiary alicyclic amines) is 2. The molecule has 12 nitrogen and oxygen atoms in total. The molecular formula is C36H33ClF4N8O4. The molecule has 1 aromatic heterocycles. The molecule has 2 atom stereocenters. The third kappa shape index (κ3) is 8.27. The Morgan fingerprint density at radius 1 is 0.887 bits per heavy atom. The quantitative estimate of drug-likeness (QED) is 0.140. The van der Waals surface area contributed by atoms with E-state index in [0.717, 1.165) is 18.4 Å². The van der Waals surface area contributed by atoms with Crippen molar-refractivity contribution in [1.82, 2.24) is 24.8 Å². The smallest absolute Gasteiger partial charge is 0.422 e. The molecule has 53 heavy (non-hydrogen) atoms. The van der Waals surface area contributed by atoms with Crippen molar-refractivity contribution in [3.05, 3.63) is 94.3 Å². The lowest BCUT2D eigenvalue weighted by atomic mass is 10.0. The Bertz CT molecular complexity index is 2030. The monoisotopic (exact) mass is 752 g/mol. The number of rotatable bonds is 9. The van der Waals surface area contributed by atoms with Gasteiger partial charge < -0.3 is 30.5 Å². The van der Waals surface area contributed by atoms with Gasteiger partial charge in [-0.3, -0.25) is 14.4 Å². The molecule has 3 N–H and O–H groups in total. The maximum atomic E-state index is 14.2. The minimum absolute atomic E-state index is 0.0135. The van der Waals surface area contributed by atoms with Crippen LogP contribution in [0.15, 0.2) is 66.7 Å². The highest BCUT2D eigenvalue weighted by molar-refractivity contribution is 6.39. The van der Waals surface area contributed by atoms with Crippen molar-refractivity contribution in [2.24, 2.45) is 11.8 Å². The molecule has 17 heteroatoms. The molecule has 1 saturated carbocycles. The Balaban J connectivity index is 0.970. The zero-order valence-electron chi connectivity index (χ0n) is 28.2. The number of benzene rings is 3. The summed E-state index contributed by atoms with van der Waals surface area (Å²) in [6.45, 7) is 1.48. The summed E-state index contributed by atoms with van der Waals surface area (Å²) in [5.41, 5.74) is 1.86. The first kappa shape index (κ1) is 35.9. The molecule has 3 heterocycles. The SMILES string of the molecule is Cc1ccc(NC(=O)C(=O)N2CC3CN(C(=O)c4ccc(Nc5nc(NC6(c7ccc(Cl)cc7)CC6)nc(OCC(F)(F)F)n5)cc4)CC3C2)c(F)c1. The van der Waals surface area contributed by atoms with E-state index in [1.54, 1.807) is 54.3 Å². The second-order valence-electron chi connectivity index (χ2n) is 13.5. The second kappa shape index (κ2) is 14.1. The first-order valence-corrected chi connectivity index (χ1v) is 17.1. The van der Waals surface area contributed by atoms with Gasteiger partial charge in [0, 0.05) is 54.3 Å². The Morgan fingerprint density at radius 2 is 1.53 bits per heavy atom. The van der Waals surface area contributed by atoms with Crippen molar-refractivity contribution >= 4 is 52.6 Å². The van der Waals surface area contributed by atoms with Crippen molar-refractivity contribution in [1.29, 1.82) is 0 Å². The number of alkyl halides is 3. The number of nitrogens with zero attached hydrogens (tertiary/aromatic N) is 5. The van der Waals surface area contributed by atoms with E-state index in [1.165, 1.54) is 17.0 Å². The van der Waals surface area contributed by atoms with Gasteiger partial charge in [0.2, 0.25) is 11.9 Å². The second-order valence-corrected chi connectivity index (χ2v) is 13.9. The fourth-order valence-corrected chi connectivity index (χ4v) is 6.77. The molecule has 1 aliphatic carbocycles. The summed E-state index contributed by atoms with van der Waals surface area (Å²) in [5, 5.41) is 9.08. The molecular weight excluding hydrogens is 720 g/mol. The Labute approximate surface area is 305 Å². The molecule has 7 rings (SSSR count). The summed E-state index contributed by atoms with van der Waals surface area (Å²) >= 11 is 6.04. The van der Waals surface area contributed by atoms with Crippen molar-refractivity contribution < 1.29 is 36.7 Å². The molecule has 0 spiro atoms. The predicted molar refractivity (Wildman–Crippen MR) is 186 cm³/mol. The number of aryl methyl sites for hydroxylation is 1. The molecule has 2 aliphatic heterocycles. The van der Waals surface area contributed by atoms with Crippen LogP contribution in [0.25, 0.3) is 0 Å². The zero-order chi connectivity index (χ0) is 37.5. The molecule has 4 aromatic rings. The number of carbonyl (C=O) groups is 3.